The molecule has 0 aliphatic carbocycles. The minimum Gasteiger partial charge on any atom is -0.294 e. The summed E-state index contributed by atoms with van der Waals surface area (Å²) < 4.78 is 0. The Hall–Kier alpha value is -1.96. The molecule has 19 heavy (non-hydrogen) atoms. The molecule has 2 aromatic rings. The van der Waals surface area contributed by atoms with E-state index in [1.54, 1.807) is 6.21 Å². The molecule has 0 saturated carbocycles. The third-order valence-corrected chi connectivity index (χ3v) is 3.30. The number of benzene rings is 2. The molecule has 0 fully saturated rings. The van der Waals surface area contributed by atoms with Crippen molar-refractivity contribution in [3.63, 3.8) is 0 Å². The van der Waals surface area contributed by atoms with Gasteiger partial charge in [0.15, 0.2) is 5.78 Å². The minimum atomic E-state index is 0.123. The highest BCUT2D eigenvalue weighted by Crippen LogP contribution is 2.16. The molecule has 0 aliphatic rings. The van der Waals surface area contributed by atoms with Crippen LogP contribution in [0.15, 0.2) is 47.5 Å². The summed E-state index contributed by atoms with van der Waals surface area (Å²) >= 11 is 0. The Bertz CT molecular complexity index is 601. The lowest BCUT2D eigenvalue weighted by atomic mass is 10.0. The Morgan fingerprint density at radius 1 is 1.21 bits per heavy atom. The summed E-state index contributed by atoms with van der Waals surface area (Å²) in [5, 5.41) is 2.26. The molecule has 0 saturated heterocycles. The smallest absolute Gasteiger partial charge is 0.168 e. The summed E-state index contributed by atoms with van der Waals surface area (Å²) in [6.45, 7) is 4.14. The van der Waals surface area contributed by atoms with E-state index in [0.29, 0.717) is 12.5 Å². The van der Waals surface area contributed by atoms with Gasteiger partial charge in [0.05, 0.1) is 0 Å². The number of Topliss-reactive ketones (excluding diaryl/α,β-unsaturated/α-hetero) is 1. The zero-order valence-corrected chi connectivity index (χ0v) is 11.5. The van der Waals surface area contributed by atoms with Gasteiger partial charge in [0.2, 0.25) is 0 Å². The normalized spacial score (nSPS) is 12.9. The zero-order chi connectivity index (χ0) is 13.7. The summed E-state index contributed by atoms with van der Waals surface area (Å²) in [6.07, 6.45) is 3.12. The lowest BCUT2D eigenvalue weighted by molar-refractivity contribution is 0.100. The van der Waals surface area contributed by atoms with Gasteiger partial charge in [-0.3, -0.25) is 9.79 Å². The summed E-state index contributed by atoms with van der Waals surface area (Å²) in [5.41, 5.74) is 0.759. The topological polar surface area (TPSA) is 29.4 Å². The van der Waals surface area contributed by atoms with Crippen LogP contribution >= 0.6 is 0 Å². The van der Waals surface area contributed by atoms with Crippen LogP contribution in [0, 0.1) is 0 Å². The van der Waals surface area contributed by atoms with Gasteiger partial charge in [-0.2, -0.15) is 0 Å². The van der Waals surface area contributed by atoms with Crippen LogP contribution in [0.3, 0.4) is 0 Å². The number of hydrogen-bond acceptors (Lipinski definition) is 2. The number of aliphatic imine (C=N–C) groups is 1. The lowest BCUT2D eigenvalue weighted by Gasteiger charge is -2.02. The fourth-order valence-electron chi connectivity index (χ4n) is 1.90. The largest absolute Gasteiger partial charge is 0.294 e. The highest BCUT2D eigenvalue weighted by Gasteiger charge is 2.05. The van der Waals surface area contributed by atoms with Gasteiger partial charge >= 0.3 is 0 Å². The predicted octanol–water partition coefficient (Wildman–Crippen LogP) is 4.28. The van der Waals surface area contributed by atoms with Gasteiger partial charge < -0.3 is 0 Å². The van der Waals surface area contributed by atoms with Gasteiger partial charge in [0, 0.05) is 24.2 Å². The van der Waals surface area contributed by atoms with Crippen LogP contribution in [0.4, 0.5) is 0 Å². The molecule has 2 aromatic carbocycles. The van der Waals surface area contributed by atoms with E-state index >= 15 is 0 Å². The highest BCUT2D eigenvalue weighted by atomic mass is 16.1. The van der Waals surface area contributed by atoms with Crippen LogP contribution in [-0.4, -0.2) is 18.0 Å². The molecule has 2 nitrogen and oxygen atoms in total. The predicted molar refractivity (Wildman–Crippen MR) is 81.1 cm³/mol. The number of hydrogen-bond donors (Lipinski definition) is 0. The molecule has 0 heterocycles. The molecule has 2 rings (SSSR count). The van der Waals surface area contributed by atoms with E-state index in [-0.39, 0.29) is 5.78 Å². The van der Waals surface area contributed by atoms with Crippen LogP contribution in [0.5, 0.6) is 0 Å². The molecule has 0 amide bonds. The van der Waals surface area contributed by atoms with Gasteiger partial charge in [0.25, 0.3) is 0 Å². The Labute approximate surface area is 114 Å². The number of carbonyl (C=O) groups excluding carboxylic acids is 1. The summed E-state index contributed by atoms with van der Waals surface area (Å²) in [5.74, 6) is 0.123. The minimum absolute atomic E-state index is 0.123. The average molecular weight is 253 g/mol. The second-order valence-electron chi connectivity index (χ2n) is 4.78. The molecule has 0 aliphatic heterocycles. The number of carbonyl (C=O) groups is 1. The van der Waals surface area contributed by atoms with E-state index in [2.05, 4.69) is 18.8 Å². The number of rotatable bonds is 5. The molecule has 98 valence electrons. The summed E-state index contributed by atoms with van der Waals surface area (Å²) in [7, 11) is 0. The van der Waals surface area contributed by atoms with Gasteiger partial charge in [-0.05, 0) is 30.2 Å². The maximum Gasteiger partial charge on any atom is 0.168 e. The van der Waals surface area contributed by atoms with E-state index < -0.39 is 0 Å². The van der Waals surface area contributed by atoms with Gasteiger partial charge in [0.1, 0.15) is 0 Å². The molecule has 1 unspecified atom stereocenters. The molecule has 0 radical (unpaired) electrons. The third-order valence-electron chi connectivity index (χ3n) is 3.30. The third kappa shape index (κ3) is 3.50. The Kier molecular flexibility index (Phi) is 4.45. The van der Waals surface area contributed by atoms with Crippen molar-refractivity contribution in [2.24, 2.45) is 4.99 Å². The fourth-order valence-corrected chi connectivity index (χ4v) is 1.90. The van der Waals surface area contributed by atoms with E-state index in [1.165, 1.54) is 0 Å². The van der Waals surface area contributed by atoms with Crippen molar-refractivity contribution >= 4 is 22.8 Å². The standard InChI is InChI=1S/C17H19NO/c1-3-13(2)18-11-10-17(19)16-9-8-14-6-4-5-7-15(14)12-16/h4-9,11-13H,3,10H2,1-2H3. The summed E-state index contributed by atoms with van der Waals surface area (Å²) in [4.78, 5) is 16.4. The van der Waals surface area contributed by atoms with Crippen LogP contribution in [0.25, 0.3) is 10.8 Å². The molecule has 0 spiro atoms. The maximum absolute atomic E-state index is 12.1. The molecule has 1 atom stereocenters. The Balaban J connectivity index is 2.11. The molecule has 0 N–H and O–H groups in total. The first-order valence-corrected chi connectivity index (χ1v) is 6.74. The van der Waals surface area contributed by atoms with Gasteiger partial charge in [-0.1, -0.05) is 43.3 Å². The number of nitrogens with zero attached hydrogens (tertiary/aromatic N) is 1. The van der Waals surface area contributed by atoms with Crippen molar-refractivity contribution in [3.8, 4) is 0 Å². The van der Waals surface area contributed by atoms with Gasteiger partial charge in [-0.25, -0.2) is 0 Å². The zero-order valence-electron chi connectivity index (χ0n) is 11.5. The Morgan fingerprint density at radius 2 is 1.95 bits per heavy atom. The number of ketones is 1. The second-order valence-corrected chi connectivity index (χ2v) is 4.78. The first kappa shape index (κ1) is 13.5. The molecule has 0 aromatic heterocycles. The Morgan fingerprint density at radius 3 is 2.68 bits per heavy atom. The van der Waals surface area contributed by atoms with Crippen molar-refractivity contribution in [1.29, 1.82) is 0 Å². The van der Waals surface area contributed by atoms with Crippen molar-refractivity contribution < 1.29 is 4.79 Å². The maximum atomic E-state index is 12.1. The van der Waals surface area contributed by atoms with Crippen molar-refractivity contribution in [3.05, 3.63) is 48.0 Å². The average Bonchev–Trinajstić information content (AvgIpc) is 2.46. The number of fused-ring (bicyclic) bond motifs is 1. The van der Waals surface area contributed by atoms with E-state index in [4.69, 9.17) is 0 Å². The van der Waals surface area contributed by atoms with Crippen LogP contribution in [0.1, 0.15) is 37.0 Å². The van der Waals surface area contributed by atoms with E-state index in [1.807, 2.05) is 42.5 Å². The van der Waals surface area contributed by atoms with Crippen LogP contribution in [-0.2, 0) is 0 Å². The molecular weight excluding hydrogens is 234 g/mol. The van der Waals surface area contributed by atoms with Crippen molar-refractivity contribution in [2.45, 2.75) is 32.7 Å². The first-order chi connectivity index (χ1) is 9.20. The monoisotopic (exact) mass is 253 g/mol. The first-order valence-electron chi connectivity index (χ1n) is 6.74. The van der Waals surface area contributed by atoms with Gasteiger partial charge in [-0.15, -0.1) is 0 Å². The fraction of sp³-hybridized carbons (Fsp3) is 0.294. The van der Waals surface area contributed by atoms with E-state index in [0.717, 1.165) is 22.8 Å². The molecule has 2 heteroatoms. The molecular formula is C17H19NO. The summed E-state index contributed by atoms with van der Waals surface area (Å²) in [6, 6.07) is 14.2. The molecule has 0 bridgehead atoms. The second kappa shape index (κ2) is 6.28. The van der Waals surface area contributed by atoms with Crippen molar-refractivity contribution in [1.82, 2.24) is 0 Å². The van der Waals surface area contributed by atoms with Crippen LogP contribution < -0.4 is 0 Å². The highest BCUT2D eigenvalue weighted by molar-refractivity contribution is 6.05. The quantitative estimate of drug-likeness (QED) is 0.577. The van der Waals surface area contributed by atoms with Crippen LogP contribution in [0.2, 0.25) is 0 Å². The van der Waals surface area contributed by atoms with Crippen molar-refractivity contribution in [2.75, 3.05) is 0 Å². The SMILES string of the molecule is CCC(C)N=CCC(=O)c1ccc2ccccc2c1. The van der Waals surface area contributed by atoms with E-state index in [9.17, 15) is 4.79 Å². The lowest BCUT2D eigenvalue weighted by Crippen LogP contribution is -2.01.